The van der Waals surface area contributed by atoms with Gasteiger partial charge in [-0.3, -0.25) is 9.69 Å². The van der Waals surface area contributed by atoms with Gasteiger partial charge in [0.2, 0.25) is 0 Å². The van der Waals surface area contributed by atoms with Crippen LogP contribution in [0.25, 0.3) is 0 Å². The molecule has 0 spiro atoms. The van der Waals surface area contributed by atoms with Gasteiger partial charge in [-0.2, -0.15) is 0 Å². The highest BCUT2D eigenvalue weighted by Gasteiger charge is 2.12. The van der Waals surface area contributed by atoms with Gasteiger partial charge in [-0.1, -0.05) is 12.1 Å². The number of nitrogens with one attached hydrogen (secondary N) is 3. The summed E-state index contributed by atoms with van der Waals surface area (Å²) in [5.41, 5.74) is 1.75. The first-order valence-corrected chi connectivity index (χ1v) is 10.0. The lowest BCUT2D eigenvalue weighted by Gasteiger charge is -2.30. The normalized spacial score (nSPS) is 12.0. The van der Waals surface area contributed by atoms with Crippen molar-refractivity contribution in [2.45, 2.75) is 60.2 Å². The quantitative estimate of drug-likeness (QED) is 0.434. The second-order valence-corrected chi connectivity index (χ2v) is 7.10. The summed E-state index contributed by atoms with van der Waals surface area (Å²) in [4.78, 5) is 18.9. The molecule has 152 valence electrons. The Labute approximate surface area is 164 Å². The Hall–Kier alpha value is -2.08. The minimum atomic E-state index is -0.0394. The molecule has 0 heterocycles. The first-order valence-electron chi connectivity index (χ1n) is 10.0. The van der Waals surface area contributed by atoms with E-state index >= 15 is 0 Å². The van der Waals surface area contributed by atoms with Crippen LogP contribution in [0, 0.1) is 0 Å². The maximum Gasteiger partial charge on any atom is 0.251 e. The zero-order valence-corrected chi connectivity index (χ0v) is 17.8. The number of rotatable bonds is 10. The third-order valence-corrected chi connectivity index (χ3v) is 4.31. The summed E-state index contributed by atoms with van der Waals surface area (Å²) in [5, 5.41) is 9.50. The first kappa shape index (κ1) is 23.0. The van der Waals surface area contributed by atoms with Crippen LogP contribution < -0.4 is 16.0 Å². The summed E-state index contributed by atoms with van der Waals surface area (Å²) in [5.74, 6) is 0.778. The lowest BCUT2D eigenvalue weighted by atomic mass is 10.1. The van der Waals surface area contributed by atoms with Gasteiger partial charge in [-0.15, -0.1) is 0 Å². The Balaban J connectivity index is 2.61. The average molecular weight is 376 g/mol. The van der Waals surface area contributed by atoms with Crippen molar-refractivity contribution in [3.8, 4) is 0 Å². The minimum absolute atomic E-state index is 0.0394. The van der Waals surface area contributed by atoms with E-state index in [0.717, 1.165) is 31.2 Å². The molecule has 0 aliphatic rings. The van der Waals surface area contributed by atoms with Gasteiger partial charge in [0.15, 0.2) is 5.96 Å². The van der Waals surface area contributed by atoms with Gasteiger partial charge in [-0.05, 0) is 59.2 Å². The number of aliphatic imine (C=N–C) groups is 1. The number of hydrogen-bond acceptors (Lipinski definition) is 3. The molecule has 1 rings (SSSR count). The maximum absolute atomic E-state index is 11.8. The number of carbonyl (C=O) groups excluding carboxylic acids is 1. The molecule has 0 fully saturated rings. The molecule has 0 saturated carbocycles. The number of carbonyl (C=O) groups is 1. The van der Waals surface area contributed by atoms with E-state index in [9.17, 15) is 4.79 Å². The molecule has 0 radical (unpaired) electrons. The van der Waals surface area contributed by atoms with E-state index in [0.29, 0.717) is 30.7 Å². The van der Waals surface area contributed by atoms with Gasteiger partial charge in [0.05, 0.1) is 6.54 Å². The molecule has 0 saturated heterocycles. The Morgan fingerprint density at radius 2 is 1.56 bits per heavy atom. The van der Waals surface area contributed by atoms with Crippen molar-refractivity contribution in [1.82, 2.24) is 20.9 Å². The van der Waals surface area contributed by atoms with Crippen LogP contribution in [0.2, 0.25) is 0 Å². The number of nitrogens with zero attached hydrogens (tertiary/aromatic N) is 2. The second kappa shape index (κ2) is 12.3. The molecular weight excluding hydrogens is 338 g/mol. The van der Waals surface area contributed by atoms with E-state index in [1.54, 1.807) is 0 Å². The molecule has 27 heavy (non-hydrogen) atoms. The fraction of sp³-hybridized carbons (Fsp3) is 0.619. The van der Waals surface area contributed by atoms with Crippen LogP contribution in [0.5, 0.6) is 0 Å². The van der Waals surface area contributed by atoms with Gasteiger partial charge < -0.3 is 16.0 Å². The summed E-state index contributed by atoms with van der Waals surface area (Å²) < 4.78 is 0. The summed E-state index contributed by atoms with van der Waals surface area (Å²) in [6, 6.07) is 8.65. The highest BCUT2D eigenvalue weighted by Crippen LogP contribution is 2.06. The van der Waals surface area contributed by atoms with Crippen molar-refractivity contribution in [1.29, 1.82) is 0 Å². The fourth-order valence-electron chi connectivity index (χ4n) is 2.95. The summed E-state index contributed by atoms with van der Waals surface area (Å²) in [7, 11) is 0. The summed E-state index contributed by atoms with van der Waals surface area (Å²) in [6.45, 7) is 16.7. The van der Waals surface area contributed by atoms with Crippen LogP contribution in [0.1, 0.15) is 57.5 Å². The SMILES string of the molecule is CCNC(=O)c1ccc(CN=C(NCC)NCCN(C(C)C)C(C)C)cc1. The van der Waals surface area contributed by atoms with Crippen LogP contribution in [0.15, 0.2) is 29.3 Å². The van der Waals surface area contributed by atoms with Crippen LogP contribution >= 0.6 is 0 Å². The standard InChI is InChI=1S/C21H37N5O/c1-7-22-20(27)19-11-9-18(10-12-19)15-25-21(23-8-2)24-13-14-26(16(3)4)17(5)6/h9-12,16-17H,7-8,13-15H2,1-6H3,(H,22,27)(H2,23,24,25). The highest BCUT2D eigenvalue weighted by atomic mass is 16.1. The van der Waals surface area contributed by atoms with Gasteiger partial charge in [-0.25, -0.2) is 4.99 Å². The molecule has 1 aromatic carbocycles. The van der Waals surface area contributed by atoms with E-state index in [2.05, 4.69) is 60.5 Å². The molecule has 6 nitrogen and oxygen atoms in total. The zero-order chi connectivity index (χ0) is 20.2. The third-order valence-electron chi connectivity index (χ3n) is 4.31. The summed E-state index contributed by atoms with van der Waals surface area (Å²) in [6.07, 6.45) is 0. The highest BCUT2D eigenvalue weighted by molar-refractivity contribution is 5.94. The molecule has 0 unspecified atom stereocenters. The molecule has 0 atom stereocenters. The van der Waals surface area contributed by atoms with E-state index in [1.807, 2.05) is 31.2 Å². The number of guanidine groups is 1. The van der Waals surface area contributed by atoms with E-state index in [1.165, 1.54) is 0 Å². The predicted octanol–water partition coefficient (Wildman–Crippen LogP) is 2.61. The molecule has 0 aliphatic carbocycles. The van der Waals surface area contributed by atoms with Crippen LogP contribution in [-0.4, -0.2) is 55.0 Å². The van der Waals surface area contributed by atoms with Gasteiger partial charge in [0, 0.05) is 43.8 Å². The average Bonchev–Trinajstić information content (AvgIpc) is 2.63. The first-order chi connectivity index (χ1) is 12.9. The Morgan fingerprint density at radius 3 is 2.07 bits per heavy atom. The lowest BCUT2D eigenvalue weighted by Crippen LogP contribution is -2.45. The van der Waals surface area contributed by atoms with Crippen molar-refractivity contribution >= 4 is 11.9 Å². The Bertz CT molecular complexity index is 573. The van der Waals surface area contributed by atoms with Crippen LogP contribution in [0.3, 0.4) is 0 Å². The number of benzene rings is 1. The van der Waals surface area contributed by atoms with Crippen LogP contribution in [0.4, 0.5) is 0 Å². The maximum atomic E-state index is 11.8. The zero-order valence-electron chi connectivity index (χ0n) is 17.8. The van der Waals surface area contributed by atoms with Crippen molar-refractivity contribution in [2.24, 2.45) is 4.99 Å². The Kier molecular flexibility index (Phi) is 10.5. The topological polar surface area (TPSA) is 68.8 Å². The molecule has 0 bridgehead atoms. The molecule has 1 amide bonds. The molecule has 1 aromatic rings. The predicted molar refractivity (Wildman–Crippen MR) is 114 cm³/mol. The Morgan fingerprint density at radius 1 is 0.963 bits per heavy atom. The van der Waals surface area contributed by atoms with E-state index in [4.69, 9.17) is 0 Å². The van der Waals surface area contributed by atoms with Crippen LogP contribution in [-0.2, 0) is 6.54 Å². The van der Waals surface area contributed by atoms with Gasteiger partial charge in [0.25, 0.3) is 5.91 Å². The molecule has 6 heteroatoms. The molecule has 0 aliphatic heterocycles. The monoisotopic (exact) mass is 375 g/mol. The second-order valence-electron chi connectivity index (χ2n) is 7.10. The molecule has 3 N–H and O–H groups in total. The fourth-order valence-corrected chi connectivity index (χ4v) is 2.95. The largest absolute Gasteiger partial charge is 0.357 e. The van der Waals surface area contributed by atoms with Gasteiger partial charge >= 0.3 is 0 Å². The van der Waals surface area contributed by atoms with Crippen molar-refractivity contribution < 1.29 is 4.79 Å². The van der Waals surface area contributed by atoms with E-state index in [-0.39, 0.29) is 5.91 Å². The van der Waals surface area contributed by atoms with E-state index < -0.39 is 0 Å². The van der Waals surface area contributed by atoms with Gasteiger partial charge in [0.1, 0.15) is 0 Å². The lowest BCUT2D eigenvalue weighted by molar-refractivity contribution is 0.0956. The number of hydrogen-bond donors (Lipinski definition) is 3. The summed E-state index contributed by atoms with van der Waals surface area (Å²) >= 11 is 0. The third kappa shape index (κ3) is 8.43. The van der Waals surface area contributed by atoms with Crippen molar-refractivity contribution in [3.05, 3.63) is 35.4 Å². The van der Waals surface area contributed by atoms with Crippen molar-refractivity contribution in [3.63, 3.8) is 0 Å². The van der Waals surface area contributed by atoms with Crippen molar-refractivity contribution in [2.75, 3.05) is 26.2 Å². The molecular formula is C21H37N5O. The molecule has 0 aromatic heterocycles. The smallest absolute Gasteiger partial charge is 0.251 e. The minimum Gasteiger partial charge on any atom is -0.357 e. The number of amides is 1.